The number of ketones is 1. The Kier molecular flexibility index (Phi) is 8.21. The molecular formula is C29H32ClN3O2. The molecule has 1 fully saturated rings. The highest BCUT2D eigenvalue weighted by Gasteiger charge is 2.32. The number of benzene rings is 3. The second-order valence-electron chi connectivity index (χ2n) is 9.22. The van der Waals surface area contributed by atoms with Crippen LogP contribution in [0.4, 0.5) is 5.69 Å². The summed E-state index contributed by atoms with van der Waals surface area (Å²) >= 11 is 0. The Morgan fingerprint density at radius 3 is 2.23 bits per heavy atom. The summed E-state index contributed by atoms with van der Waals surface area (Å²) in [6.45, 7) is 2.08. The molecule has 2 heterocycles. The Morgan fingerprint density at radius 2 is 1.49 bits per heavy atom. The van der Waals surface area contributed by atoms with E-state index in [0.29, 0.717) is 23.5 Å². The van der Waals surface area contributed by atoms with Crippen LogP contribution >= 0.6 is 12.4 Å². The van der Waals surface area contributed by atoms with Gasteiger partial charge in [0.2, 0.25) is 0 Å². The van der Waals surface area contributed by atoms with Crippen molar-refractivity contribution in [2.75, 3.05) is 18.1 Å². The number of carbonyl (C=O) groups excluding carboxylic acids is 2. The van der Waals surface area contributed by atoms with Gasteiger partial charge in [-0.25, -0.2) is 0 Å². The van der Waals surface area contributed by atoms with Gasteiger partial charge in [-0.15, -0.1) is 12.4 Å². The number of hydrogen-bond acceptors (Lipinski definition) is 4. The van der Waals surface area contributed by atoms with Gasteiger partial charge in [0.1, 0.15) is 6.04 Å². The van der Waals surface area contributed by atoms with E-state index in [1.165, 1.54) is 5.56 Å². The van der Waals surface area contributed by atoms with Crippen LogP contribution in [-0.2, 0) is 6.42 Å². The maximum absolute atomic E-state index is 13.5. The number of Topliss-reactive ketones (excluding diaryl/α,β-unsaturated/α-hetero) is 1. The molecule has 1 amide bonds. The first kappa shape index (κ1) is 25.0. The summed E-state index contributed by atoms with van der Waals surface area (Å²) in [7, 11) is 0. The second-order valence-corrected chi connectivity index (χ2v) is 9.22. The number of hydrazine groups is 1. The normalized spacial score (nSPS) is 18.1. The van der Waals surface area contributed by atoms with Gasteiger partial charge < -0.3 is 5.32 Å². The zero-order valence-electron chi connectivity index (χ0n) is 19.8. The Hall–Kier alpha value is -3.15. The highest BCUT2D eigenvalue weighted by atomic mass is 35.5. The minimum Gasteiger partial charge on any atom is -0.317 e. The fourth-order valence-electron chi connectivity index (χ4n) is 5.16. The van der Waals surface area contributed by atoms with E-state index in [1.807, 2.05) is 60.7 Å². The van der Waals surface area contributed by atoms with Crippen molar-refractivity contribution in [3.8, 4) is 0 Å². The Labute approximate surface area is 213 Å². The van der Waals surface area contributed by atoms with Gasteiger partial charge in [0.25, 0.3) is 5.91 Å². The molecule has 182 valence electrons. The van der Waals surface area contributed by atoms with Crippen molar-refractivity contribution in [3.63, 3.8) is 0 Å². The highest BCUT2D eigenvalue weighted by Crippen LogP contribution is 2.30. The number of piperidine rings is 1. The SMILES string of the molecule is Cl.O=C(NN1c2ccccc2CCCC1C(=O)c1ccccc1)c1ccc(C2CCNCC2)cc1. The first-order chi connectivity index (χ1) is 16.7. The molecule has 0 spiro atoms. The number of nitrogens with one attached hydrogen (secondary N) is 2. The Morgan fingerprint density at radius 1 is 0.800 bits per heavy atom. The Balaban J connectivity index is 0.00000289. The van der Waals surface area contributed by atoms with Crippen molar-refractivity contribution >= 4 is 29.8 Å². The van der Waals surface area contributed by atoms with Crippen LogP contribution in [0, 0.1) is 0 Å². The topological polar surface area (TPSA) is 61.4 Å². The standard InChI is InChI=1S/C29H31N3O2.ClH/c33-28(24-8-2-1-3-9-24)27-12-6-10-23-7-4-5-11-26(23)32(27)31-29(34)25-15-13-21(14-16-25)22-17-19-30-20-18-22;/h1-5,7-9,11,13-16,22,27,30H,6,10,12,17-20H2,(H,31,34);1H. The van der Waals surface area contributed by atoms with E-state index >= 15 is 0 Å². The molecule has 3 aromatic carbocycles. The first-order valence-corrected chi connectivity index (χ1v) is 12.3. The van der Waals surface area contributed by atoms with Gasteiger partial charge in [0.05, 0.1) is 5.69 Å². The summed E-state index contributed by atoms with van der Waals surface area (Å²) in [5, 5.41) is 5.21. The average Bonchev–Trinajstić information content (AvgIpc) is 3.09. The van der Waals surface area contributed by atoms with Crippen LogP contribution in [0.25, 0.3) is 0 Å². The number of anilines is 1. The molecule has 5 nitrogen and oxygen atoms in total. The molecule has 1 saturated heterocycles. The molecule has 0 bridgehead atoms. The number of fused-ring (bicyclic) bond motifs is 1. The van der Waals surface area contributed by atoms with Crippen molar-refractivity contribution < 1.29 is 9.59 Å². The van der Waals surface area contributed by atoms with E-state index in [4.69, 9.17) is 0 Å². The molecule has 1 unspecified atom stereocenters. The molecule has 2 N–H and O–H groups in total. The number of nitrogens with zero attached hydrogens (tertiary/aromatic N) is 1. The highest BCUT2D eigenvalue weighted by molar-refractivity contribution is 6.03. The molecule has 35 heavy (non-hydrogen) atoms. The van der Waals surface area contributed by atoms with Crippen molar-refractivity contribution in [3.05, 3.63) is 101 Å². The number of para-hydroxylation sites is 1. The number of hydrogen-bond donors (Lipinski definition) is 2. The Bertz CT molecular complexity index is 1140. The van der Waals surface area contributed by atoms with Crippen molar-refractivity contribution in [1.29, 1.82) is 0 Å². The number of rotatable bonds is 5. The maximum atomic E-state index is 13.5. The molecule has 5 rings (SSSR count). The monoisotopic (exact) mass is 489 g/mol. The third kappa shape index (κ3) is 5.58. The fourth-order valence-corrected chi connectivity index (χ4v) is 5.16. The molecule has 3 aromatic rings. The van der Waals surface area contributed by atoms with Crippen molar-refractivity contribution in [1.82, 2.24) is 10.7 Å². The summed E-state index contributed by atoms with van der Waals surface area (Å²) in [5.74, 6) is 0.377. The largest absolute Gasteiger partial charge is 0.317 e. The summed E-state index contributed by atoms with van der Waals surface area (Å²) < 4.78 is 0. The molecule has 0 saturated carbocycles. The van der Waals surface area contributed by atoms with Crippen LogP contribution < -0.4 is 15.8 Å². The van der Waals surface area contributed by atoms with Gasteiger partial charge in [-0.05, 0) is 80.4 Å². The fraction of sp³-hybridized carbons (Fsp3) is 0.310. The lowest BCUT2D eigenvalue weighted by molar-refractivity contribution is 0.0911. The third-order valence-corrected chi connectivity index (χ3v) is 7.05. The average molecular weight is 490 g/mol. The summed E-state index contributed by atoms with van der Waals surface area (Å²) in [6, 6.07) is 24.9. The van der Waals surface area contributed by atoms with E-state index in [1.54, 1.807) is 5.01 Å². The lowest BCUT2D eigenvalue weighted by atomic mass is 9.90. The number of halogens is 1. The predicted molar refractivity (Wildman–Crippen MR) is 142 cm³/mol. The molecule has 2 aliphatic rings. The quantitative estimate of drug-likeness (QED) is 0.476. The van der Waals surface area contributed by atoms with Gasteiger partial charge in [-0.2, -0.15) is 0 Å². The smallest absolute Gasteiger partial charge is 0.269 e. The van der Waals surface area contributed by atoms with Gasteiger partial charge in [-0.1, -0.05) is 60.7 Å². The van der Waals surface area contributed by atoms with Crippen molar-refractivity contribution in [2.24, 2.45) is 0 Å². The molecule has 1 atom stereocenters. The van der Waals surface area contributed by atoms with Gasteiger partial charge in [0, 0.05) is 11.1 Å². The maximum Gasteiger partial charge on any atom is 0.269 e. The van der Waals surface area contributed by atoms with E-state index in [9.17, 15) is 9.59 Å². The minimum absolute atomic E-state index is 0. The lowest BCUT2D eigenvalue weighted by Crippen LogP contribution is -2.52. The minimum atomic E-state index is -0.455. The number of carbonyl (C=O) groups is 2. The lowest BCUT2D eigenvalue weighted by Gasteiger charge is -2.32. The van der Waals surface area contributed by atoms with Gasteiger partial charge in [0.15, 0.2) is 5.78 Å². The number of amides is 1. The summed E-state index contributed by atoms with van der Waals surface area (Å²) in [6.07, 6.45) is 4.69. The molecule has 0 radical (unpaired) electrons. The van der Waals surface area contributed by atoms with Crippen LogP contribution in [0.2, 0.25) is 0 Å². The number of aryl methyl sites for hydroxylation is 1. The third-order valence-electron chi connectivity index (χ3n) is 7.05. The summed E-state index contributed by atoms with van der Waals surface area (Å²) in [5.41, 5.74) is 7.69. The zero-order chi connectivity index (χ0) is 23.3. The predicted octanol–water partition coefficient (Wildman–Crippen LogP) is 5.31. The molecular weight excluding hydrogens is 458 g/mol. The van der Waals surface area contributed by atoms with Crippen LogP contribution in [0.5, 0.6) is 0 Å². The van der Waals surface area contributed by atoms with Crippen LogP contribution in [-0.4, -0.2) is 30.8 Å². The van der Waals surface area contributed by atoms with Crippen LogP contribution in [0.1, 0.15) is 63.4 Å². The van der Waals surface area contributed by atoms with Crippen LogP contribution in [0.15, 0.2) is 78.9 Å². The second kappa shape index (κ2) is 11.5. The van der Waals surface area contributed by atoms with E-state index in [2.05, 4.69) is 28.9 Å². The molecule has 6 heteroatoms. The van der Waals surface area contributed by atoms with E-state index in [0.717, 1.165) is 50.0 Å². The van der Waals surface area contributed by atoms with Gasteiger partial charge >= 0.3 is 0 Å². The van der Waals surface area contributed by atoms with Crippen molar-refractivity contribution in [2.45, 2.75) is 44.1 Å². The van der Waals surface area contributed by atoms with E-state index < -0.39 is 6.04 Å². The molecule has 2 aliphatic heterocycles. The van der Waals surface area contributed by atoms with Gasteiger partial charge in [-0.3, -0.25) is 20.0 Å². The molecule has 0 aliphatic carbocycles. The first-order valence-electron chi connectivity index (χ1n) is 12.3. The summed E-state index contributed by atoms with van der Waals surface area (Å²) in [4.78, 5) is 26.9. The zero-order valence-corrected chi connectivity index (χ0v) is 20.6. The van der Waals surface area contributed by atoms with Crippen LogP contribution in [0.3, 0.4) is 0 Å². The molecule has 0 aromatic heterocycles. The van der Waals surface area contributed by atoms with E-state index in [-0.39, 0.29) is 24.1 Å².